The zero-order valence-electron chi connectivity index (χ0n) is 13.7. The molecule has 0 atom stereocenters. The van der Waals surface area contributed by atoms with E-state index < -0.39 is 0 Å². The summed E-state index contributed by atoms with van der Waals surface area (Å²) >= 11 is 0. The first-order valence-corrected chi connectivity index (χ1v) is 8.15. The van der Waals surface area contributed by atoms with Crippen LogP contribution in [0.2, 0.25) is 0 Å². The van der Waals surface area contributed by atoms with E-state index in [0.717, 1.165) is 37.4 Å². The van der Waals surface area contributed by atoms with Gasteiger partial charge in [-0.25, -0.2) is 0 Å². The summed E-state index contributed by atoms with van der Waals surface area (Å²) < 4.78 is 12.0. The van der Waals surface area contributed by atoms with Crippen molar-refractivity contribution in [2.45, 2.75) is 38.7 Å². The number of piperidine rings is 1. The maximum Gasteiger partial charge on any atom is 0.170 e. The van der Waals surface area contributed by atoms with E-state index in [2.05, 4.69) is 25.8 Å². The lowest BCUT2D eigenvalue weighted by Gasteiger charge is -2.43. The topological polar surface area (TPSA) is 38.8 Å². The fourth-order valence-corrected chi connectivity index (χ4v) is 3.13. The molecule has 1 fully saturated rings. The molecule has 4 nitrogen and oxygen atoms in total. The molecule has 1 aromatic rings. The average Bonchev–Trinajstić information content (AvgIpc) is 2.49. The Bertz CT molecular complexity index is 559. The minimum absolute atomic E-state index is 0.181. The number of rotatable bonds is 3. The molecule has 1 saturated heterocycles. The first-order chi connectivity index (χ1) is 10.5. The molecule has 3 rings (SSSR count). The molecule has 0 aliphatic carbocycles. The number of carbonyl (C=O) groups is 1. The summed E-state index contributed by atoms with van der Waals surface area (Å²) in [5.41, 5.74) is 0.377. The number of Topliss-reactive ketones (excluding diaryl/α,β-unsaturated/α-hetero) is 1. The van der Waals surface area contributed by atoms with Gasteiger partial charge in [0.1, 0.15) is 17.1 Å². The highest BCUT2D eigenvalue weighted by atomic mass is 16.5. The van der Waals surface area contributed by atoms with Crippen LogP contribution >= 0.6 is 0 Å². The van der Waals surface area contributed by atoms with Crippen LogP contribution in [0.5, 0.6) is 11.5 Å². The summed E-state index contributed by atoms with van der Waals surface area (Å²) in [4.78, 5) is 14.9. The molecule has 2 aliphatic rings. The fourth-order valence-electron chi connectivity index (χ4n) is 3.13. The molecule has 22 heavy (non-hydrogen) atoms. The van der Waals surface area contributed by atoms with Gasteiger partial charge in [0.25, 0.3) is 0 Å². The number of ether oxygens (including phenoxy) is 2. The standard InChI is InChI=1S/C18H25NO3/c1-13(2)12-21-14-4-5-17-15(10-14)16(20)11-18(22-17)6-8-19(3)9-7-18/h4-5,10,13H,6-9,11-12H2,1-3H3. The molecule has 0 saturated carbocycles. The Balaban J connectivity index is 1.78. The van der Waals surface area contributed by atoms with E-state index >= 15 is 0 Å². The molecule has 0 unspecified atom stereocenters. The van der Waals surface area contributed by atoms with Crippen LogP contribution in [0.4, 0.5) is 0 Å². The second-order valence-electron chi connectivity index (χ2n) is 7.05. The third kappa shape index (κ3) is 3.12. The Morgan fingerprint density at radius 3 is 2.73 bits per heavy atom. The van der Waals surface area contributed by atoms with Crippen LogP contribution in [0, 0.1) is 5.92 Å². The largest absolute Gasteiger partial charge is 0.493 e. The summed E-state index contributed by atoms with van der Waals surface area (Å²) in [6.07, 6.45) is 2.32. The summed E-state index contributed by atoms with van der Waals surface area (Å²) in [6, 6.07) is 5.63. The fraction of sp³-hybridized carbons (Fsp3) is 0.611. The molecule has 0 amide bonds. The van der Waals surface area contributed by atoms with Gasteiger partial charge in [0.05, 0.1) is 18.6 Å². The van der Waals surface area contributed by atoms with Gasteiger partial charge in [-0.1, -0.05) is 13.8 Å². The lowest BCUT2D eigenvalue weighted by atomic mass is 9.82. The zero-order valence-corrected chi connectivity index (χ0v) is 13.7. The number of likely N-dealkylation sites (tertiary alicyclic amines) is 1. The molecule has 2 heterocycles. The molecule has 0 bridgehead atoms. The number of carbonyl (C=O) groups excluding carboxylic acids is 1. The molecule has 2 aliphatic heterocycles. The number of hydrogen-bond donors (Lipinski definition) is 0. The first kappa shape index (κ1) is 15.3. The van der Waals surface area contributed by atoms with Crippen molar-refractivity contribution in [3.05, 3.63) is 23.8 Å². The second kappa shape index (κ2) is 5.92. The quantitative estimate of drug-likeness (QED) is 0.860. The number of nitrogens with zero attached hydrogens (tertiary/aromatic N) is 1. The van der Waals surface area contributed by atoms with Crippen molar-refractivity contribution in [1.29, 1.82) is 0 Å². The molecule has 1 spiro atoms. The Kier molecular flexibility index (Phi) is 4.13. The zero-order chi connectivity index (χ0) is 15.7. The lowest BCUT2D eigenvalue weighted by Crippen LogP contribution is -2.50. The van der Waals surface area contributed by atoms with Gasteiger partial charge in [-0.05, 0) is 31.2 Å². The third-order valence-electron chi connectivity index (χ3n) is 4.54. The van der Waals surface area contributed by atoms with Crippen molar-refractivity contribution in [3.63, 3.8) is 0 Å². The predicted molar refractivity (Wildman–Crippen MR) is 85.8 cm³/mol. The minimum atomic E-state index is -0.295. The van der Waals surface area contributed by atoms with E-state index in [1.54, 1.807) is 0 Å². The predicted octanol–water partition coefficient (Wildman–Crippen LogP) is 3.15. The van der Waals surface area contributed by atoms with Crippen LogP contribution in [0.15, 0.2) is 18.2 Å². The van der Waals surface area contributed by atoms with Gasteiger partial charge < -0.3 is 14.4 Å². The van der Waals surface area contributed by atoms with Crippen LogP contribution in [-0.4, -0.2) is 43.0 Å². The highest BCUT2D eigenvalue weighted by Gasteiger charge is 2.42. The van der Waals surface area contributed by atoms with Crippen molar-refractivity contribution in [1.82, 2.24) is 4.90 Å². The van der Waals surface area contributed by atoms with Crippen LogP contribution < -0.4 is 9.47 Å². The molecule has 0 aromatic heterocycles. The van der Waals surface area contributed by atoms with Crippen molar-refractivity contribution in [3.8, 4) is 11.5 Å². The van der Waals surface area contributed by atoms with Crippen LogP contribution in [0.25, 0.3) is 0 Å². The van der Waals surface area contributed by atoms with Gasteiger partial charge in [0, 0.05) is 25.9 Å². The van der Waals surface area contributed by atoms with E-state index in [1.165, 1.54) is 0 Å². The summed E-state index contributed by atoms with van der Waals surface area (Å²) in [5.74, 6) is 2.12. The SMILES string of the molecule is CC(C)COc1ccc2c(c1)C(=O)CC1(CCN(C)CC1)O2. The van der Waals surface area contributed by atoms with Gasteiger partial charge in [0.15, 0.2) is 5.78 Å². The summed E-state index contributed by atoms with van der Waals surface area (Å²) in [5, 5.41) is 0. The molecular weight excluding hydrogens is 278 g/mol. The molecule has 0 N–H and O–H groups in total. The Morgan fingerprint density at radius 2 is 2.05 bits per heavy atom. The maximum absolute atomic E-state index is 12.6. The van der Waals surface area contributed by atoms with Gasteiger partial charge >= 0.3 is 0 Å². The average molecular weight is 303 g/mol. The summed E-state index contributed by atoms with van der Waals surface area (Å²) in [6.45, 7) is 6.84. The maximum atomic E-state index is 12.6. The number of ketones is 1. The van der Waals surface area contributed by atoms with Crippen LogP contribution in [0.3, 0.4) is 0 Å². The van der Waals surface area contributed by atoms with Crippen molar-refractivity contribution < 1.29 is 14.3 Å². The van der Waals surface area contributed by atoms with Crippen molar-refractivity contribution in [2.75, 3.05) is 26.7 Å². The van der Waals surface area contributed by atoms with Gasteiger partial charge in [0.2, 0.25) is 0 Å². The lowest BCUT2D eigenvalue weighted by molar-refractivity contribution is -0.00376. The molecule has 0 radical (unpaired) electrons. The highest BCUT2D eigenvalue weighted by molar-refractivity contribution is 6.00. The van der Waals surface area contributed by atoms with Crippen LogP contribution in [-0.2, 0) is 0 Å². The van der Waals surface area contributed by atoms with Crippen molar-refractivity contribution in [2.24, 2.45) is 5.92 Å². The summed E-state index contributed by atoms with van der Waals surface area (Å²) in [7, 11) is 2.11. The molecule has 4 heteroatoms. The van der Waals surface area contributed by atoms with E-state index in [0.29, 0.717) is 24.5 Å². The third-order valence-corrected chi connectivity index (χ3v) is 4.54. The van der Waals surface area contributed by atoms with E-state index in [1.807, 2.05) is 18.2 Å². The van der Waals surface area contributed by atoms with Crippen molar-refractivity contribution >= 4 is 5.78 Å². The van der Waals surface area contributed by atoms with Gasteiger partial charge in [-0.2, -0.15) is 0 Å². The first-order valence-electron chi connectivity index (χ1n) is 8.15. The monoisotopic (exact) mass is 303 g/mol. The van der Waals surface area contributed by atoms with Gasteiger partial charge in [-0.3, -0.25) is 4.79 Å². The van der Waals surface area contributed by atoms with Gasteiger partial charge in [-0.15, -0.1) is 0 Å². The number of benzene rings is 1. The normalized spacial score (nSPS) is 20.8. The highest BCUT2D eigenvalue weighted by Crippen LogP contribution is 2.40. The Hall–Kier alpha value is -1.55. The molecule has 1 aromatic carbocycles. The molecule has 120 valence electrons. The van der Waals surface area contributed by atoms with E-state index in [-0.39, 0.29) is 11.4 Å². The number of hydrogen-bond acceptors (Lipinski definition) is 4. The van der Waals surface area contributed by atoms with Crippen LogP contribution in [0.1, 0.15) is 43.5 Å². The number of fused-ring (bicyclic) bond motifs is 1. The molecular formula is C18H25NO3. The Morgan fingerprint density at radius 1 is 1.32 bits per heavy atom. The minimum Gasteiger partial charge on any atom is -0.493 e. The van der Waals surface area contributed by atoms with E-state index in [4.69, 9.17) is 9.47 Å². The smallest absolute Gasteiger partial charge is 0.170 e. The second-order valence-corrected chi connectivity index (χ2v) is 7.05. The Labute approximate surface area is 132 Å². The van der Waals surface area contributed by atoms with E-state index in [9.17, 15) is 4.79 Å².